The molecule has 4 rings (SSSR count). The van der Waals surface area contributed by atoms with Crippen LogP contribution < -0.4 is 4.90 Å². The number of alkyl halides is 3. The number of ether oxygens (including phenoxy) is 1. The Morgan fingerprint density at radius 3 is 2.06 bits per heavy atom. The Bertz CT molecular complexity index is 1140. The summed E-state index contributed by atoms with van der Waals surface area (Å²) in [5.41, 5.74) is 1.40. The highest BCUT2D eigenvalue weighted by Crippen LogP contribution is 2.32. The predicted octanol–water partition coefficient (Wildman–Crippen LogP) is 4.88. The number of carbonyl (C=O) groups is 2. The van der Waals surface area contributed by atoms with Gasteiger partial charge in [-0.2, -0.15) is 13.2 Å². The first-order chi connectivity index (χ1) is 16.3. The molecule has 3 aromatic rings. The summed E-state index contributed by atoms with van der Waals surface area (Å²) in [6.45, 7) is 2.01. The molecule has 0 unspecified atom stereocenters. The molecule has 1 fully saturated rings. The van der Waals surface area contributed by atoms with Crippen molar-refractivity contribution in [3.8, 4) is 11.1 Å². The molecule has 0 aliphatic carbocycles. The minimum absolute atomic E-state index is 0.184. The van der Waals surface area contributed by atoms with Crippen molar-refractivity contribution < 1.29 is 27.5 Å². The van der Waals surface area contributed by atoms with E-state index in [0.29, 0.717) is 37.3 Å². The van der Waals surface area contributed by atoms with E-state index in [4.69, 9.17) is 4.74 Å². The maximum atomic E-state index is 12.9. The van der Waals surface area contributed by atoms with Gasteiger partial charge in [0.15, 0.2) is 6.61 Å². The van der Waals surface area contributed by atoms with Gasteiger partial charge in [0, 0.05) is 31.9 Å². The van der Waals surface area contributed by atoms with Gasteiger partial charge in [0.05, 0.1) is 11.1 Å². The summed E-state index contributed by atoms with van der Waals surface area (Å²) < 4.78 is 43.8. The van der Waals surface area contributed by atoms with E-state index >= 15 is 0 Å². The van der Waals surface area contributed by atoms with Crippen molar-refractivity contribution in [2.24, 2.45) is 0 Å². The summed E-state index contributed by atoms with van der Waals surface area (Å²) >= 11 is 0. The molecule has 176 valence electrons. The van der Waals surface area contributed by atoms with Gasteiger partial charge in [0.2, 0.25) is 0 Å². The lowest BCUT2D eigenvalue weighted by Crippen LogP contribution is -2.49. The fourth-order valence-electron chi connectivity index (χ4n) is 3.90. The minimum atomic E-state index is -4.44. The average molecular weight is 468 g/mol. The van der Waals surface area contributed by atoms with Crippen LogP contribution in [0.25, 0.3) is 11.1 Å². The molecule has 1 aliphatic rings. The number of amides is 1. The average Bonchev–Trinajstić information content (AvgIpc) is 2.87. The van der Waals surface area contributed by atoms with Crippen LogP contribution >= 0.6 is 0 Å². The lowest BCUT2D eigenvalue weighted by Gasteiger charge is -2.36. The number of benzene rings is 3. The topological polar surface area (TPSA) is 49.9 Å². The molecule has 34 heavy (non-hydrogen) atoms. The van der Waals surface area contributed by atoms with Crippen LogP contribution in [0, 0.1) is 0 Å². The first-order valence-electron chi connectivity index (χ1n) is 10.8. The molecule has 3 aromatic carbocycles. The van der Waals surface area contributed by atoms with Gasteiger partial charge in [0.25, 0.3) is 5.91 Å². The van der Waals surface area contributed by atoms with Gasteiger partial charge < -0.3 is 14.5 Å². The zero-order valence-electron chi connectivity index (χ0n) is 18.3. The maximum absolute atomic E-state index is 12.9. The minimum Gasteiger partial charge on any atom is -0.452 e. The second-order valence-corrected chi connectivity index (χ2v) is 7.90. The number of halogens is 3. The van der Waals surface area contributed by atoms with E-state index in [1.807, 2.05) is 30.3 Å². The van der Waals surface area contributed by atoms with Gasteiger partial charge in [-0.3, -0.25) is 4.79 Å². The molecule has 1 amide bonds. The second-order valence-electron chi connectivity index (χ2n) is 7.90. The Balaban J connectivity index is 1.36. The lowest BCUT2D eigenvalue weighted by molar-refractivity contribution is -0.137. The molecule has 1 saturated heterocycles. The van der Waals surface area contributed by atoms with Crippen LogP contribution in [0.5, 0.6) is 0 Å². The van der Waals surface area contributed by atoms with Gasteiger partial charge in [-0.25, -0.2) is 4.79 Å². The number of carbonyl (C=O) groups excluding carboxylic acids is 2. The molecule has 8 heteroatoms. The molecule has 0 radical (unpaired) electrons. The molecular weight excluding hydrogens is 445 g/mol. The number of anilines is 1. The number of rotatable bonds is 5. The highest BCUT2D eigenvalue weighted by Gasteiger charge is 2.30. The summed E-state index contributed by atoms with van der Waals surface area (Å²) in [5.74, 6) is -0.986. The summed E-state index contributed by atoms with van der Waals surface area (Å²) in [6, 6.07) is 21.0. The highest BCUT2D eigenvalue weighted by atomic mass is 19.4. The third-order valence-corrected chi connectivity index (χ3v) is 5.75. The first-order valence-corrected chi connectivity index (χ1v) is 10.8. The summed E-state index contributed by atoms with van der Waals surface area (Å²) in [4.78, 5) is 29.1. The van der Waals surface area contributed by atoms with Gasteiger partial charge in [-0.1, -0.05) is 48.5 Å². The predicted molar refractivity (Wildman–Crippen MR) is 122 cm³/mol. The van der Waals surface area contributed by atoms with E-state index in [0.717, 1.165) is 17.8 Å². The Hall–Kier alpha value is -3.81. The quantitative estimate of drug-likeness (QED) is 0.501. The van der Waals surface area contributed by atoms with Crippen LogP contribution in [0.2, 0.25) is 0 Å². The molecule has 0 bridgehead atoms. The number of hydrogen-bond acceptors (Lipinski definition) is 4. The summed E-state index contributed by atoms with van der Waals surface area (Å²) in [6.07, 6.45) is -4.44. The summed E-state index contributed by atoms with van der Waals surface area (Å²) in [7, 11) is 0. The van der Waals surface area contributed by atoms with E-state index in [1.54, 1.807) is 23.1 Å². The zero-order valence-corrected chi connectivity index (χ0v) is 18.3. The normalized spacial score (nSPS) is 14.1. The van der Waals surface area contributed by atoms with Crippen molar-refractivity contribution in [1.82, 2.24) is 4.90 Å². The largest absolute Gasteiger partial charge is 0.452 e. The smallest absolute Gasteiger partial charge is 0.416 e. The molecule has 0 aromatic heterocycles. The third kappa shape index (κ3) is 5.39. The number of nitrogens with zero attached hydrogens (tertiary/aromatic N) is 2. The Morgan fingerprint density at radius 2 is 1.41 bits per heavy atom. The fraction of sp³-hybridized carbons (Fsp3) is 0.231. The van der Waals surface area contributed by atoms with Crippen LogP contribution in [0.4, 0.5) is 18.9 Å². The van der Waals surface area contributed by atoms with E-state index < -0.39 is 24.3 Å². The van der Waals surface area contributed by atoms with E-state index in [1.165, 1.54) is 18.2 Å². The van der Waals surface area contributed by atoms with Crippen molar-refractivity contribution in [1.29, 1.82) is 0 Å². The number of esters is 1. The Labute approximate surface area is 195 Å². The lowest BCUT2D eigenvalue weighted by atomic mass is 9.98. The maximum Gasteiger partial charge on any atom is 0.416 e. The fourth-order valence-corrected chi connectivity index (χ4v) is 3.90. The van der Waals surface area contributed by atoms with E-state index in [2.05, 4.69) is 4.90 Å². The highest BCUT2D eigenvalue weighted by molar-refractivity contribution is 5.98. The van der Waals surface area contributed by atoms with Gasteiger partial charge in [0.1, 0.15) is 0 Å². The van der Waals surface area contributed by atoms with Crippen molar-refractivity contribution in [3.63, 3.8) is 0 Å². The van der Waals surface area contributed by atoms with Gasteiger partial charge >= 0.3 is 12.1 Å². The van der Waals surface area contributed by atoms with Gasteiger partial charge in [-0.05, 0) is 41.5 Å². The Morgan fingerprint density at radius 1 is 0.794 bits per heavy atom. The van der Waals surface area contributed by atoms with Crippen LogP contribution in [0.3, 0.4) is 0 Å². The number of piperazine rings is 1. The van der Waals surface area contributed by atoms with E-state index in [-0.39, 0.29) is 11.5 Å². The standard InChI is InChI=1S/C26H23F3N2O3/c27-26(28,29)20-12-10-19(11-13-20)22-8-4-5-9-23(22)25(33)34-18-24(32)31-16-14-30(15-17-31)21-6-2-1-3-7-21/h1-13H,14-18H2. The number of hydrogen-bond donors (Lipinski definition) is 0. The molecule has 0 N–H and O–H groups in total. The summed E-state index contributed by atoms with van der Waals surface area (Å²) in [5, 5.41) is 0. The van der Waals surface area contributed by atoms with Crippen molar-refractivity contribution in [2.75, 3.05) is 37.7 Å². The number of para-hydroxylation sites is 1. The first kappa shape index (κ1) is 23.4. The van der Waals surface area contributed by atoms with Crippen LogP contribution in [-0.4, -0.2) is 49.6 Å². The van der Waals surface area contributed by atoms with Gasteiger partial charge in [-0.15, -0.1) is 0 Å². The van der Waals surface area contributed by atoms with Crippen molar-refractivity contribution >= 4 is 17.6 Å². The zero-order chi connectivity index (χ0) is 24.1. The Kier molecular flexibility index (Phi) is 6.86. The van der Waals surface area contributed by atoms with E-state index in [9.17, 15) is 22.8 Å². The van der Waals surface area contributed by atoms with Crippen LogP contribution in [0.15, 0.2) is 78.9 Å². The monoisotopic (exact) mass is 468 g/mol. The molecule has 0 saturated carbocycles. The second kappa shape index (κ2) is 9.99. The molecule has 1 aliphatic heterocycles. The SMILES string of the molecule is O=C(OCC(=O)N1CCN(c2ccccc2)CC1)c1ccccc1-c1ccc(C(F)(F)F)cc1. The van der Waals surface area contributed by atoms with Crippen molar-refractivity contribution in [3.05, 3.63) is 90.0 Å². The molecular formula is C26H23F3N2O3. The molecule has 0 atom stereocenters. The molecule has 0 spiro atoms. The third-order valence-electron chi connectivity index (χ3n) is 5.75. The molecule has 5 nitrogen and oxygen atoms in total. The van der Waals surface area contributed by atoms with Crippen LogP contribution in [-0.2, 0) is 15.7 Å². The van der Waals surface area contributed by atoms with Crippen molar-refractivity contribution in [2.45, 2.75) is 6.18 Å². The van der Waals surface area contributed by atoms with Crippen LogP contribution in [0.1, 0.15) is 15.9 Å². The molecule has 1 heterocycles.